The minimum absolute atomic E-state index is 0.00252. The van der Waals surface area contributed by atoms with E-state index in [1.807, 2.05) is 0 Å². The molecule has 2 rings (SSSR count). The fourth-order valence-corrected chi connectivity index (χ4v) is 2.88. The standard InChI is InChI=1S/C17H21N7O6S/c1-9(25)18-11-6-5-10(8-12(11)26)19-14-20-15(23-24-17(29)30-2)22-16(21-14)31-7-3-4-13(27)28/h5-6,8,26H,3-4,7H2,1-2H3,(H,18,25)(H,24,29)(H,27,28)(H2,19,20,21,22,23). The van der Waals surface area contributed by atoms with Gasteiger partial charge in [-0.2, -0.15) is 15.0 Å². The molecule has 0 bridgehead atoms. The Morgan fingerprint density at radius 1 is 1.16 bits per heavy atom. The van der Waals surface area contributed by atoms with Crippen LogP contribution in [0.5, 0.6) is 5.75 Å². The van der Waals surface area contributed by atoms with Crippen molar-refractivity contribution in [3.8, 4) is 5.75 Å². The van der Waals surface area contributed by atoms with Gasteiger partial charge in [0.1, 0.15) is 5.75 Å². The molecule has 0 radical (unpaired) electrons. The zero-order valence-corrected chi connectivity index (χ0v) is 17.4. The third-order valence-electron chi connectivity index (χ3n) is 3.41. The van der Waals surface area contributed by atoms with Crippen molar-refractivity contribution in [1.82, 2.24) is 20.4 Å². The summed E-state index contributed by atoms with van der Waals surface area (Å²) in [6.45, 7) is 1.32. The first-order valence-electron chi connectivity index (χ1n) is 8.85. The van der Waals surface area contributed by atoms with Crippen molar-refractivity contribution in [2.75, 3.05) is 28.9 Å². The lowest BCUT2D eigenvalue weighted by atomic mass is 10.2. The first-order valence-corrected chi connectivity index (χ1v) is 9.83. The molecule has 1 heterocycles. The second-order valence-electron chi connectivity index (χ2n) is 5.89. The van der Waals surface area contributed by atoms with E-state index in [0.717, 1.165) is 0 Å². The number of amides is 2. The van der Waals surface area contributed by atoms with Crippen molar-refractivity contribution in [3.63, 3.8) is 0 Å². The van der Waals surface area contributed by atoms with Gasteiger partial charge in [-0.3, -0.25) is 15.0 Å². The average molecular weight is 451 g/mol. The number of nitrogens with zero attached hydrogens (tertiary/aromatic N) is 3. The first-order chi connectivity index (χ1) is 14.8. The number of rotatable bonds is 10. The summed E-state index contributed by atoms with van der Waals surface area (Å²) in [5, 5.41) is 24.4. The molecule has 0 saturated carbocycles. The van der Waals surface area contributed by atoms with Crippen LogP contribution in [-0.4, -0.2) is 56.0 Å². The quantitative estimate of drug-likeness (QED) is 0.133. The molecule has 2 amide bonds. The maximum atomic E-state index is 11.3. The summed E-state index contributed by atoms with van der Waals surface area (Å²) in [5.41, 5.74) is 5.37. The van der Waals surface area contributed by atoms with Crippen LogP contribution < -0.4 is 21.5 Å². The molecule has 13 nitrogen and oxygen atoms in total. The molecule has 166 valence electrons. The lowest BCUT2D eigenvalue weighted by Crippen LogP contribution is -2.30. The minimum Gasteiger partial charge on any atom is -0.506 e. The topological polar surface area (TPSA) is 188 Å². The first kappa shape index (κ1) is 23.5. The molecule has 2 aromatic rings. The zero-order valence-electron chi connectivity index (χ0n) is 16.6. The molecule has 1 aromatic heterocycles. The predicted molar refractivity (Wildman–Crippen MR) is 112 cm³/mol. The van der Waals surface area contributed by atoms with Gasteiger partial charge < -0.3 is 25.6 Å². The van der Waals surface area contributed by atoms with Crippen molar-refractivity contribution >= 4 is 53.0 Å². The normalized spacial score (nSPS) is 10.1. The number of aliphatic carboxylic acids is 1. The van der Waals surface area contributed by atoms with Crippen LogP contribution in [0.25, 0.3) is 0 Å². The van der Waals surface area contributed by atoms with Crippen molar-refractivity contribution < 1.29 is 29.3 Å². The van der Waals surface area contributed by atoms with Crippen LogP contribution in [-0.2, 0) is 14.3 Å². The number of carboxylic acid groups (broad SMARTS) is 1. The van der Waals surface area contributed by atoms with Crippen LogP contribution in [0.15, 0.2) is 23.4 Å². The maximum absolute atomic E-state index is 11.3. The second-order valence-corrected chi connectivity index (χ2v) is 6.95. The van der Waals surface area contributed by atoms with Gasteiger partial charge in [-0.1, -0.05) is 11.8 Å². The number of carboxylic acids is 1. The molecule has 31 heavy (non-hydrogen) atoms. The molecule has 14 heteroatoms. The number of phenolic OH excluding ortho intramolecular Hbond substituents is 1. The van der Waals surface area contributed by atoms with Crippen LogP contribution in [0.1, 0.15) is 19.8 Å². The zero-order chi connectivity index (χ0) is 22.8. The number of anilines is 4. The van der Waals surface area contributed by atoms with Gasteiger partial charge in [-0.15, -0.1) is 0 Å². The highest BCUT2D eigenvalue weighted by Crippen LogP contribution is 2.28. The molecular weight excluding hydrogens is 430 g/mol. The summed E-state index contributed by atoms with van der Waals surface area (Å²) in [6.07, 6.45) is -0.335. The number of hydrogen-bond donors (Lipinski definition) is 6. The monoisotopic (exact) mass is 451 g/mol. The van der Waals surface area contributed by atoms with E-state index in [2.05, 4.69) is 41.2 Å². The predicted octanol–water partition coefficient (Wildman–Crippen LogP) is 1.92. The fraction of sp³-hybridized carbons (Fsp3) is 0.294. The Morgan fingerprint density at radius 3 is 2.55 bits per heavy atom. The van der Waals surface area contributed by atoms with Crippen LogP contribution >= 0.6 is 11.8 Å². The average Bonchev–Trinajstić information content (AvgIpc) is 2.71. The summed E-state index contributed by atoms with van der Waals surface area (Å²) in [7, 11) is 1.19. The molecule has 0 aliphatic rings. The van der Waals surface area contributed by atoms with E-state index in [9.17, 15) is 19.5 Å². The molecule has 0 aliphatic heterocycles. The number of hydrazine groups is 1. The fourth-order valence-electron chi connectivity index (χ4n) is 2.11. The lowest BCUT2D eigenvalue weighted by Gasteiger charge is -2.11. The van der Waals surface area contributed by atoms with Crippen molar-refractivity contribution in [2.24, 2.45) is 0 Å². The molecule has 0 aliphatic carbocycles. The van der Waals surface area contributed by atoms with Crippen molar-refractivity contribution in [2.45, 2.75) is 24.9 Å². The Morgan fingerprint density at radius 2 is 1.90 bits per heavy atom. The Balaban J connectivity index is 2.18. The van der Waals surface area contributed by atoms with E-state index >= 15 is 0 Å². The molecule has 6 N–H and O–H groups in total. The van der Waals surface area contributed by atoms with Gasteiger partial charge >= 0.3 is 12.1 Å². The number of carbonyl (C=O) groups is 3. The van der Waals surface area contributed by atoms with E-state index in [1.165, 1.54) is 37.9 Å². The third-order valence-corrected chi connectivity index (χ3v) is 4.34. The van der Waals surface area contributed by atoms with Gasteiger partial charge in [0.2, 0.25) is 17.8 Å². The number of benzene rings is 1. The Kier molecular flexibility index (Phi) is 8.63. The summed E-state index contributed by atoms with van der Waals surface area (Å²) in [6, 6.07) is 4.46. The summed E-state index contributed by atoms with van der Waals surface area (Å²) >= 11 is 1.21. The van der Waals surface area contributed by atoms with Gasteiger partial charge in [0, 0.05) is 30.9 Å². The van der Waals surface area contributed by atoms with Crippen LogP contribution in [0, 0.1) is 0 Å². The molecule has 0 saturated heterocycles. The number of thioether (sulfide) groups is 1. The van der Waals surface area contributed by atoms with Gasteiger partial charge in [-0.25, -0.2) is 10.2 Å². The summed E-state index contributed by atoms with van der Waals surface area (Å²) in [4.78, 5) is 45.6. The van der Waals surface area contributed by atoms with Crippen LogP contribution in [0.4, 0.5) is 28.1 Å². The van der Waals surface area contributed by atoms with Gasteiger partial charge in [-0.05, 0) is 18.6 Å². The number of aromatic nitrogens is 3. The maximum Gasteiger partial charge on any atom is 0.425 e. The summed E-state index contributed by atoms with van der Waals surface area (Å²) in [5.74, 6) is -0.841. The highest BCUT2D eigenvalue weighted by Gasteiger charge is 2.11. The van der Waals surface area contributed by atoms with Crippen LogP contribution in [0.3, 0.4) is 0 Å². The SMILES string of the molecule is COC(=O)NNc1nc(Nc2ccc(NC(C)=O)c(O)c2)nc(SCCCC(=O)O)n1. The number of carbonyl (C=O) groups excluding carboxylic acids is 2. The number of nitrogens with one attached hydrogen (secondary N) is 4. The van der Waals surface area contributed by atoms with E-state index in [-0.39, 0.29) is 40.8 Å². The number of ether oxygens (including phenoxy) is 1. The molecule has 0 spiro atoms. The third kappa shape index (κ3) is 8.22. The van der Waals surface area contributed by atoms with Gasteiger partial charge in [0.15, 0.2) is 5.16 Å². The van der Waals surface area contributed by atoms with E-state index < -0.39 is 12.1 Å². The Bertz CT molecular complexity index is 959. The number of methoxy groups -OCH3 is 1. The molecule has 0 atom stereocenters. The van der Waals surface area contributed by atoms with E-state index in [4.69, 9.17) is 5.11 Å². The second kappa shape index (κ2) is 11.4. The lowest BCUT2D eigenvalue weighted by molar-refractivity contribution is -0.137. The smallest absolute Gasteiger partial charge is 0.425 e. The van der Waals surface area contributed by atoms with E-state index in [1.54, 1.807) is 6.07 Å². The van der Waals surface area contributed by atoms with Gasteiger partial charge in [0.25, 0.3) is 0 Å². The number of aromatic hydroxyl groups is 1. The largest absolute Gasteiger partial charge is 0.506 e. The van der Waals surface area contributed by atoms with Gasteiger partial charge in [0.05, 0.1) is 12.8 Å². The molecule has 0 fully saturated rings. The van der Waals surface area contributed by atoms with Crippen molar-refractivity contribution in [3.05, 3.63) is 18.2 Å². The van der Waals surface area contributed by atoms with Crippen LogP contribution in [0.2, 0.25) is 0 Å². The molecule has 1 aromatic carbocycles. The van der Waals surface area contributed by atoms with Crippen molar-refractivity contribution in [1.29, 1.82) is 0 Å². The number of hydrogen-bond acceptors (Lipinski definition) is 11. The molecular formula is C17H21N7O6S. The summed E-state index contributed by atoms with van der Waals surface area (Å²) < 4.78 is 4.46. The van der Waals surface area contributed by atoms with E-state index in [0.29, 0.717) is 17.9 Å². The highest BCUT2D eigenvalue weighted by molar-refractivity contribution is 7.99. The minimum atomic E-state index is -0.897. The Hall–Kier alpha value is -3.81. The Labute approximate surface area is 181 Å². The number of phenols is 1. The molecule has 0 unspecified atom stereocenters. The highest BCUT2D eigenvalue weighted by atomic mass is 32.2.